The summed E-state index contributed by atoms with van der Waals surface area (Å²) in [6.45, 7) is 5.99. The lowest BCUT2D eigenvalue weighted by Crippen LogP contribution is -2.63. The summed E-state index contributed by atoms with van der Waals surface area (Å²) in [5, 5.41) is 39.4. The standard InChI is InChI=1S/C51H67N9O11/c1-5-30(4)43-50(70)53-35(22-23-41(52)63)51(71)60-24-12-17-40(60)48(68)56-37(27-33-18-20-34(62)21-19-33)45(65)57-39(28-61)47(67)55-36(25-31-13-8-6-9-14-31)44(64)54-38(26-32-15-10-7-11-16-32)46(66)58-42(29(2)3)49(69)59-43/h6-11,13-16,18-21,29-30,35-40,42-43,61-62H,5,12,17,22-28H2,1-4H3,(H2,52,63)(H,53,70)(H,54,64)(H,55,67)(H,56,68)(H,57,65)(H,58,66)(H,59,69)/t30-,35-,36-,37-,38-,39-,40-,42-,43-/m0/s1. The second kappa shape index (κ2) is 26.0. The maximum atomic E-state index is 14.5. The van der Waals surface area contributed by atoms with Gasteiger partial charge in [-0.3, -0.25) is 43.2 Å². The summed E-state index contributed by atoms with van der Waals surface area (Å²) < 4.78 is 0. The molecule has 3 aromatic carbocycles. The summed E-state index contributed by atoms with van der Waals surface area (Å²) >= 11 is 0. The maximum Gasteiger partial charge on any atom is 0.245 e. The van der Waals surface area contributed by atoms with Crippen LogP contribution in [0, 0.1) is 11.8 Å². The van der Waals surface area contributed by atoms with Gasteiger partial charge in [0.15, 0.2) is 0 Å². The molecule has 20 nitrogen and oxygen atoms in total. The van der Waals surface area contributed by atoms with E-state index >= 15 is 0 Å². The van der Waals surface area contributed by atoms with E-state index in [1.807, 2.05) is 0 Å². The molecule has 2 heterocycles. The highest BCUT2D eigenvalue weighted by Gasteiger charge is 2.41. The Morgan fingerprint density at radius 1 is 0.592 bits per heavy atom. The lowest BCUT2D eigenvalue weighted by atomic mass is 9.95. The second-order valence-corrected chi connectivity index (χ2v) is 18.5. The Morgan fingerprint density at radius 3 is 1.52 bits per heavy atom. The summed E-state index contributed by atoms with van der Waals surface area (Å²) in [6.07, 6.45) is -0.0429. The number of nitrogens with one attached hydrogen (secondary N) is 7. The first-order valence-electron chi connectivity index (χ1n) is 24.1. The molecular formula is C51H67N9O11. The Labute approximate surface area is 413 Å². The van der Waals surface area contributed by atoms with Crippen molar-refractivity contribution in [3.05, 3.63) is 102 Å². The monoisotopic (exact) mass is 981 g/mol. The predicted octanol–water partition coefficient (Wildman–Crippen LogP) is -0.222. The molecule has 0 radical (unpaired) electrons. The van der Waals surface area contributed by atoms with E-state index in [4.69, 9.17) is 5.73 Å². The van der Waals surface area contributed by atoms with E-state index in [9.17, 15) is 53.4 Å². The second-order valence-electron chi connectivity index (χ2n) is 18.5. The topological polar surface area (TPSA) is 308 Å². The zero-order chi connectivity index (χ0) is 51.8. The van der Waals surface area contributed by atoms with Crippen molar-refractivity contribution in [3.8, 4) is 5.75 Å². The van der Waals surface area contributed by atoms with Crippen LogP contribution in [0.5, 0.6) is 5.75 Å². The van der Waals surface area contributed by atoms with Crippen molar-refractivity contribution in [1.82, 2.24) is 42.1 Å². The lowest BCUT2D eigenvalue weighted by Gasteiger charge is -2.32. The average Bonchev–Trinajstić information content (AvgIpc) is 3.85. The van der Waals surface area contributed by atoms with Crippen molar-refractivity contribution >= 4 is 53.2 Å². The fourth-order valence-electron chi connectivity index (χ4n) is 8.52. The number of nitrogens with zero attached hydrogens (tertiary/aromatic N) is 1. The van der Waals surface area contributed by atoms with Gasteiger partial charge in [-0.15, -0.1) is 0 Å². The number of amides is 9. The number of carbonyl (C=O) groups excluding carboxylic acids is 9. The van der Waals surface area contributed by atoms with Gasteiger partial charge in [0.1, 0.15) is 54.1 Å². The summed E-state index contributed by atoms with van der Waals surface area (Å²) in [4.78, 5) is 128. The predicted molar refractivity (Wildman–Crippen MR) is 260 cm³/mol. The van der Waals surface area contributed by atoms with Gasteiger partial charge in [0.05, 0.1) is 6.61 Å². The third-order valence-electron chi connectivity index (χ3n) is 12.8. The van der Waals surface area contributed by atoms with Gasteiger partial charge in [0.2, 0.25) is 53.2 Å². The molecule has 0 spiro atoms. The smallest absolute Gasteiger partial charge is 0.245 e. The Hall–Kier alpha value is -7.35. The fraction of sp³-hybridized carbons (Fsp3) is 0.471. The first-order chi connectivity index (χ1) is 33.9. The number of aliphatic hydroxyl groups excluding tert-OH is 1. The molecule has 382 valence electrons. The zero-order valence-corrected chi connectivity index (χ0v) is 40.5. The van der Waals surface area contributed by atoms with Crippen LogP contribution in [-0.4, -0.2) is 130 Å². The Kier molecular flexibility index (Phi) is 20.0. The summed E-state index contributed by atoms with van der Waals surface area (Å²) in [6, 6.07) is 12.3. The molecule has 0 unspecified atom stereocenters. The van der Waals surface area contributed by atoms with Crippen molar-refractivity contribution in [2.45, 2.75) is 127 Å². The van der Waals surface area contributed by atoms with E-state index in [2.05, 4.69) is 37.2 Å². The van der Waals surface area contributed by atoms with Gasteiger partial charge in [-0.1, -0.05) is 107 Å². The molecule has 2 fully saturated rings. The number of nitrogens with two attached hydrogens (primary N) is 1. The highest BCUT2D eigenvalue weighted by atomic mass is 16.3. The van der Waals surface area contributed by atoms with Gasteiger partial charge in [0, 0.05) is 32.2 Å². The Morgan fingerprint density at radius 2 is 1.03 bits per heavy atom. The van der Waals surface area contributed by atoms with Crippen LogP contribution in [0.25, 0.3) is 0 Å². The molecule has 0 aromatic heterocycles. The molecule has 5 rings (SSSR count). The van der Waals surface area contributed by atoms with E-state index in [-0.39, 0.29) is 50.8 Å². The number of hydrogen-bond acceptors (Lipinski definition) is 11. The third kappa shape index (κ3) is 15.6. The SMILES string of the molecule is CC[C@H](C)[C@@H]1NC(=O)[C@H](C(C)C)NC(=O)[C@H](Cc2ccccc2)NC(=O)[C@H](Cc2ccccc2)NC(=O)[C@H](CO)NC(=O)[C@H](Cc2ccc(O)cc2)NC(=O)[C@@H]2CCCN2C(=O)[C@H](CCC(N)=O)NC1=O. The van der Waals surface area contributed by atoms with Gasteiger partial charge in [-0.2, -0.15) is 0 Å². The maximum absolute atomic E-state index is 14.5. The number of fused-ring (bicyclic) bond motifs is 1. The third-order valence-corrected chi connectivity index (χ3v) is 12.8. The minimum absolute atomic E-state index is 0.0587. The molecular weight excluding hydrogens is 915 g/mol. The number of rotatable bonds is 13. The number of phenolic OH excluding ortho intramolecular Hbond substituents is 1. The summed E-state index contributed by atoms with van der Waals surface area (Å²) in [5.74, 6) is -8.38. The molecule has 0 bridgehead atoms. The van der Waals surface area contributed by atoms with Crippen molar-refractivity contribution in [2.75, 3.05) is 13.2 Å². The number of primary amides is 1. The molecule has 20 heteroatoms. The number of aliphatic hydroxyl groups is 1. The molecule has 0 saturated carbocycles. The number of benzene rings is 3. The highest BCUT2D eigenvalue weighted by molar-refractivity contribution is 5.99. The van der Waals surface area contributed by atoms with Crippen LogP contribution in [-0.2, 0) is 62.4 Å². The largest absolute Gasteiger partial charge is 0.508 e. The molecule has 11 N–H and O–H groups in total. The van der Waals surface area contributed by atoms with Crippen LogP contribution in [0.4, 0.5) is 0 Å². The van der Waals surface area contributed by atoms with Crippen molar-refractivity contribution in [3.63, 3.8) is 0 Å². The summed E-state index contributed by atoms with van der Waals surface area (Å²) in [7, 11) is 0. The number of aromatic hydroxyl groups is 1. The number of hydrogen-bond donors (Lipinski definition) is 10. The van der Waals surface area contributed by atoms with Crippen LogP contribution in [0.2, 0.25) is 0 Å². The van der Waals surface area contributed by atoms with Crippen molar-refractivity contribution in [1.29, 1.82) is 0 Å². The van der Waals surface area contributed by atoms with E-state index in [0.717, 1.165) is 0 Å². The van der Waals surface area contributed by atoms with Crippen LogP contribution in [0.1, 0.15) is 76.5 Å². The van der Waals surface area contributed by atoms with Crippen LogP contribution >= 0.6 is 0 Å². The minimum atomic E-state index is -1.68. The van der Waals surface area contributed by atoms with Crippen LogP contribution < -0.4 is 43.0 Å². The van der Waals surface area contributed by atoms with Gasteiger partial charge < -0.3 is 58.1 Å². The van der Waals surface area contributed by atoms with Gasteiger partial charge >= 0.3 is 0 Å². The molecule has 2 saturated heterocycles. The van der Waals surface area contributed by atoms with Crippen molar-refractivity contribution < 1.29 is 53.4 Å². The molecule has 3 aromatic rings. The minimum Gasteiger partial charge on any atom is -0.508 e. The molecule has 0 aliphatic carbocycles. The average molecular weight is 982 g/mol. The molecule has 71 heavy (non-hydrogen) atoms. The Balaban J connectivity index is 1.59. The molecule has 2 aliphatic rings. The van der Waals surface area contributed by atoms with Gasteiger partial charge in [0.25, 0.3) is 0 Å². The normalized spacial score (nSPS) is 25.0. The molecule has 9 atom stereocenters. The van der Waals surface area contributed by atoms with Gasteiger partial charge in [-0.05, 0) is 59.9 Å². The first kappa shape index (κ1) is 54.6. The molecule has 2 aliphatic heterocycles. The van der Waals surface area contributed by atoms with Crippen LogP contribution in [0.3, 0.4) is 0 Å². The van der Waals surface area contributed by atoms with E-state index in [0.29, 0.717) is 29.5 Å². The quantitative estimate of drug-likeness (QED) is 0.107. The molecule has 9 amide bonds. The first-order valence-corrected chi connectivity index (χ1v) is 24.1. The van der Waals surface area contributed by atoms with E-state index in [1.165, 1.54) is 29.2 Å². The zero-order valence-electron chi connectivity index (χ0n) is 40.5. The van der Waals surface area contributed by atoms with Gasteiger partial charge in [-0.25, -0.2) is 0 Å². The lowest BCUT2D eigenvalue weighted by molar-refractivity contribution is -0.143. The summed E-state index contributed by atoms with van der Waals surface area (Å²) in [5.41, 5.74) is 7.23. The Bertz CT molecular complexity index is 2350. The fourth-order valence-corrected chi connectivity index (χ4v) is 8.52. The highest BCUT2D eigenvalue weighted by Crippen LogP contribution is 2.22. The van der Waals surface area contributed by atoms with E-state index in [1.54, 1.807) is 88.4 Å². The number of carbonyl (C=O) groups is 9. The van der Waals surface area contributed by atoms with Crippen molar-refractivity contribution in [2.24, 2.45) is 17.6 Å². The van der Waals surface area contributed by atoms with Crippen LogP contribution in [0.15, 0.2) is 84.9 Å². The van der Waals surface area contributed by atoms with E-state index < -0.39 is 120 Å². The number of phenols is 1.